The number of methoxy groups -OCH3 is 2. The maximum Gasteiger partial charge on any atom is 0.127 e. The van der Waals surface area contributed by atoms with Crippen LogP contribution < -0.4 is 9.47 Å². The van der Waals surface area contributed by atoms with Crippen LogP contribution in [0.3, 0.4) is 0 Å². The Labute approximate surface area is 222 Å². The number of fused-ring (bicyclic) bond motifs is 1. The van der Waals surface area contributed by atoms with Crippen molar-refractivity contribution in [3.8, 4) is 11.5 Å². The monoisotopic (exact) mass is 532 g/mol. The predicted molar refractivity (Wildman–Crippen MR) is 145 cm³/mol. The molecule has 3 aromatic rings. The van der Waals surface area contributed by atoms with Crippen LogP contribution in [0.1, 0.15) is 37.4 Å². The third kappa shape index (κ3) is 6.43. The molecule has 1 aliphatic heterocycles. The number of nitrogens with zero attached hydrogens (tertiary/aromatic N) is 2. The van der Waals surface area contributed by atoms with Crippen molar-refractivity contribution in [2.24, 2.45) is 5.41 Å². The minimum absolute atomic E-state index is 0.0742. The quantitative estimate of drug-likeness (QED) is 0.282. The topological polar surface area (TPSA) is 54.8 Å². The second kappa shape index (κ2) is 12.5. The van der Waals surface area contributed by atoms with Crippen molar-refractivity contribution in [3.63, 3.8) is 0 Å². The minimum atomic E-state index is -1.24. The molecule has 5 nitrogen and oxygen atoms in total. The Bertz CT molecular complexity index is 1160. The first-order valence-corrected chi connectivity index (χ1v) is 13.7. The van der Waals surface area contributed by atoms with Crippen molar-refractivity contribution in [3.05, 3.63) is 59.2 Å². The molecule has 194 valence electrons. The number of halogens is 2. The summed E-state index contributed by atoms with van der Waals surface area (Å²) in [4.78, 5) is 7.97. The molecule has 36 heavy (non-hydrogen) atoms. The number of aliphatic hydroxyl groups is 1. The van der Waals surface area contributed by atoms with Crippen LogP contribution in [-0.4, -0.2) is 61.2 Å². The van der Waals surface area contributed by atoms with Gasteiger partial charge in [-0.2, -0.15) is 0 Å². The van der Waals surface area contributed by atoms with E-state index >= 15 is 4.39 Å². The van der Waals surface area contributed by atoms with Crippen LogP contribution in [-0.2, 0) is 0 Å². The Morgan fingerprint density at radius 1 is 1.14 bits per heavy atom. The molecule has 1 aromatic heterocycles. The van der Waals surface area contributed by atoms with Gasteiger partial charge in [-0.25, -0.2) is 4.39 Å². The van der Waals surface area contributed by atoms with Gasteiger partial charge >= 0.3 is 0 Å². The highest BCUT2D eigenvalue weighted by molar-refractivity contribution is 7.99. The summed E-state index contributed by atoms with van der Waals surface area (Å²) in [6.07, 6.45) is 2.92. The molecule has 1 atom stereocenters. The third-order valence-electron chi connectivity index (χ3n) is 7.28. The highest BCUT2D eigenvalue weighted by atomic mass is 35.5. The van der Waals surface area contributed by atoms with Crippen LogP contribution >= 0.6 is 23.4 Å². The summed E-state index contributed by atoms with van der Waals surface area (Å²) >= 11 is 8.22. The van der Waals surface area contributed by atoms with Gasteiger partial charge in [0.2, 0.25) is 0 Å². The Balaban J connectivity index is 1.32. The molecule has 1 saturated heterocycles. The first-order chi connectivity index (χ1) is 17.5. The smallest absolute Gasteiger partial charge is 0.127 e. The van der Waals surface area contributed by atoms with Crippen molar-refractivity contribution in [1.29, 1.82) is 0 Å². The lowest BCUT2D eigenvalue weighted by Crippen LogP contribution is -2.42. The normalized spacial score (nSPS) is 16.7. The summed E-state index contributed by atoms with van der Waals surface area (Å²) in [5.74, 6) is 2.50. The van der Waals surface area contributed by atoms with E-state index in [-0.39, 0.29) is 12.0 Å². The van der Waals surface area contributed by atoms with Gasteiger partial charge in [0.25, 0.3) is 0 Å². The number of aromatic nitrogens is 1. The number of piperidine rings is 1. The Morgan fingerprint density at radius 3 is 2.61 bits per heavy atom. The molecule has 4 rings (SSSR count). The number of ether oxygens (including phenoxy) is 2. The number of alkyl halides is 1. The molecule has 0 bridgehead atoms. The molecule has 2 aromatic carbocycles. The number of likely N-dealkylation sites (tertiary alicyclic amines) is 1. The molecule has 0 saturated carbocycles. The molecule has 1 aliphatic rings. The average molecular weight is 533 g/mol. The van der Waals surface area contributed by atoms with E-state index in [9.17, 15) is 5.11 Å². The van der Waals surface area contributed by atoms with Crippen molar-refractivity contribution < 1.29 is 19.0 Å². The fourth-order valence-corrected chi connectivity index (χ4v) is 6.14. The van der Waals surface area contributed by atoms with Gasteiger partial charge in [0.05, 0.1) is 24.8 Å². The highest BCUT2D eigenvalue weighted by Crippen LogP contribution is 2.42. The van der Waals surface area contributed by atoms with Gasteiger partial charge in [0, 0.05) is 40.9 Å². The Kier molecular flexibility index (Phi) is 9.34. The summed E-state index contributed by atoms with van der Waals surface area (Å²) in [5, 5.41) is 11.3. The van der Waals surface area contributed by atoms with E-state index in [2.05, 4.69) is 22.0 Å². The number of aliphatic hydroxyl groups excluding tert-OH is 1. The summed E-state index contributed by atoms with van der Waals surface area (Å²) in [7, 11) is 3.27. The summed E-state index contributed by atoms with van der Waals surface area (Å²) in [5.41, 5.74) is 0.892. The largest absolute Gasteiger partial charge is 0.497 e. The predicted octanol–water partition coefficient (Wildman–Crippen LogP) is 6.56. The van der Waals surface area contributed by atoms with Crippen molar-refractivity contribution in [2.45, 2.75) is 36.8 Å². The minimum Gasteiger partial charge on any atom is -0.497 e. The molecular formula is C28H34ClFN2O3S. The van der Waals surface area contributed by atoms with E-state index in [4.69, 9.17) is 21.1 Å². The zero-order valence-corrected chi connectivity index (χ0v) is 22.5. The fraction of sp³-hybridized carbons (Fsp3) is 0.464. The molecule has 0 spiro atoms. The average Bonchev–Trinajstić information content (AvgIpc) is 2.92. The number of thioether (sulfide) groups is 1. The van der Waals surface area contributed by atoms with E-state index in [1.165, 1.54) is 11.1 Å². The molecule has 2 heterocycles. The Morgan fingerprint density at radius 2 is 1.89 bits per heavy atom. The van der Waals surface area contributed by atoms with Gasteiger partial charge in [-0.3, -0.25) is 4.98 Å². The van der Waals surface area contributed by atoms with E-state index in [1.807, 2.05) is 36.0 Å². The lowest BCUT2D eigenvalue weighted by Gasteiger charge is -2.41. The maximum atomic E-state index is 15.6. The van der Waals surface area contributed by atoms with Gasteiger partial charge in [0.1, 0.15) is 17.7 Å². The first-order valence-electron chi connectivity index (χ1n) is 12.3. The van der Waals surface area contributed by atoms with Crippen molar-refractivity contribution >= 4 is 34.3 Å². The third-order valence-corrected chi connectivity index (χ3v) is 8.55. The van der Waals surface area contributed by atoms with Crippen molar-refractivity contribution in [2.75, 3.05) is 46.2 Å². The zero-order valence-electron chi connectivity index (χ0n) is 20.9. The summed E-state index contributed by atoms with van der Waals surface area (Å²) < 4.78 is 26.2. The maximum absolute atomic E-state index is 15.6. The Hall–Kier alpha value is -2.06. The van der Waals surface area contributed by atoms with Crippen LogP contribution in [0, 0.1) is 5.41 Å². The van der Waals surface area contributed by atoms with Crippen LogP contribution in [0.2, 0.25) is 5.02 Å². The van der Waals surface area contributed by atoms with Gasteiger partial charge in [-0.1, -0.05) is 17.7 Å². The van der Waals surface area contributed by atoms with Crippen LogP contribution in [0.15, 0.2) is 53.6 Å². The number of hydrogen-bond donors (Lipinski definition) is 1. The summed E-state index contributed by atoms with van der Waals surface area (Å²) in [6, 6.07) is 13.5. The van der Waals surface area contributed by atoms with Gasteiger partial charge in [-0.15, -0.1) is 11.8 Å². The van der Waals surface area contributed by atoms with E-state index in [0.29, 0.717) is 40.1 Å². The van der Waals surface area contributed by atoms with Crippen LogP contribution in [0.25, 0.3) is 10.9 Å². The summed E-state index contributed by atoms with van der Waals surface area (Å²) in [6.45, 7) is 2.87. The van der Waals surface area contributed by atoms with E-state index in [1.54, 1.807) is 20.3 Å². The SMILES string of the molecule is COc1cccc(SCCN2CCC(CO)(CCC(F)c3c(Cl)cnc4ccc(OC)cc34)CC2)c1. The second-order valence-corrected chi connectivity index (χ2v) is 11.0. The van der Waals surface area contributed by atoms with Crippen molar-refractivity contribution in [1.82, 2.24) is 9.88 Å². The zero-order chi connectivity index (χ0) is 25.5. The van der Waals surface area contributed by atoms with Crippen LogP contribution in [0.5, 0.6) is 11.5 Å². The highest BCUT2D eigenvalue weighted by Gasteiger charge is 2.35. The number of rotatable bonds is 11. The van der Waals surface area contributed by atoms with Gasteiger partial charge in [0.15, 0.2) is 0 Å². The molecule has 0 amide bonds. The molecule has 0 aliphatic carbocycles. The molecule has 8 heteroatoms. The lowest BCUT2D eigenvalue weighted by molar-refractivity contribution is 0.0323. The molecule has 1 N–H and O–H groups in total. The fourth-order valence-electron chi connectivity index (χ4n) is 4.91. The molecule has 1 unspecified atom stereocenters. The first kappa shape index (κ1) is 27.0. The van der Waals surface area contributed by atoms with E-state index < -0.39 is 6.17 Å². The second-order valence-electron chi connectivity index (χ2n) is 9.44. The van der Waals surface area contributed by atoms with E-state index in [0.717, 1.165) is 44.0 Å². The lowest BCUT2D eigenvalue weighted by atomic mass is 9.74. The number of hydrogen-bond acceptors (Lipinski definition) is 6. The number of pyridine rings is 1. The van der Waals surface area contributed by atoms with Crippen LogP contribution in [0.4, 0.5) is 4.39 Å². The molecular weight excluding hydrogens is 499 g/mol. The molecule has 1 fully saturated rings. The molecule has 0 radical (unpaired) electrons. The van der Waals surface area contributed by atoms with Gasteiger partial charge < -0.3 is 19.5 Å². The van der Waals surface area contributed by atoms with Gasteiger partial charge in [-0.05, 0) is 80.6 Å². The standard InChI is InChI=1S/C28H34ClFN2O3S/c1-34-20-4-3-5-22(16-20)36-15-14-32-12-10-28(19-33,11-13-32)9-8-25(30)27-23-17-21(35-2)6-7-26(23)31-18-24(27)29/h3-7,16-18,25,33H,8-15,19H2,1-2H3. The number of benzene rings is 2.